The highest BCUT2D eigenvalue weighted by Crippen LogP contribution is 2.26. The number of aryl methyl sites for hydroxylation is 1. The lowest BCUT2D eigenvalue weighted by Gasteiger charge is -2.16. The normalized spacial score (nSPS) is 12.8. The van der Waals surface area contributed by atoms with Crippen molar-refractivity contribution in [1.82, 2.24) is 4.72 Å². The zero-order chi connectivity index (χ0) is 17.2. The molecule has 0 spiro atoms. The average Bonchev–Trinajstić information content (AvgIpc) is 2.47. The lowest BCUT2D eigenvalue weighted by atomic mass is 10.1. The van der Waals surface area contributed by atoms with Gasteiger partial charge in [-0.1, -0.05) is 40.2 Å². The number of nitro benzene ring substituents is 1. The largest absolute Gasteiger partial charge is 0.273 e. The SMILES string of the molecule is Cc1ccc(S(=O)(=O)NC(C)c2ccccc2Br)cc1[N+](=O)[O-]. The van der Waals surface area contributed by atoms with Crippen LogP contribution in [0.2, 0.25) is 0 Å². The number of hydrogen-bond donors (Lipinski definition) is 1. The molecular formula is C15H15BrN2O4S. The van der Waals surface area contributed by atoms with Gasteiger partial charge in [-0.15, -0.1) is 0 Å². The summed E-state index contributed by atoms with van der Waals surface area (Å²) in [5, 5.41) is 11.0. The number of halogens is 1. The Morgan fingerprint density at radius 2 is 1.87 bits per heavy atom. The number of benzene rings is 2. The van der Waals surface area contributed by atoms with E-state index in [0.29, 0.717) is 5.56 Å². The Morgan fingerprint density at radius 3 is 2.48 bits per heavy atom. The van der Waals surface area contributed by atoms with Crippen LogP contribution in [0.4, 0.5) is 5.69 Å². The van der Waals surface area contributed by atoms with Gasteiger partial charge in [-0.2, -0.15) is 0 Å². The highest BCUT2D eigenvalue weighted by Gasteiger charge is 2.22. The number of rotatable bonds is 5. The quantitative estimate of drug-likeness (QED) is 0.613. The van der Waals surface area contributed by atoms with Crippen LogP contribution in [0.15, 0.2) is 51.8 Å². The molecule has 1 unspecified atom stereocenters. The first-order valence-electron chi connectivity index (χ1n) is 6.74. The number of nitro groups is 1. The molecule has 0 amide bonds. The second kappa shape index (κ2) is 6.77. The summed E-state index contributed by atoms with van der Waals surface area (Å²) in [6.45, 7) is 3.27. The Morgan fingerprint density at radius 1 is 1.22 bits per heavy atom. The fraction of sp³-hybridized carbons (Fsp3) is 0.200. The van der Waals surface area contributed by atoms with E-state index in [9.17, 15) is 18.5 Å². The van der Waals surface area contributed by atoms with Crippen LogP contribution in [0.3, 0.4) is 0 Å². The topological polar surface area (TPSA) is 89.3 Å². The lowest BCUT2D eigenvalue weighted by molar-refractivity contribution is -0.385. The number of sulfonamides is 1. The van der Waals surface area contributed by atoms with Crippen LogP contribution < -0.4 is 4.72 Å². The third-order valence-corrected chi connectivity index (χ3v) is 5.65. The van der Waals surface area contributed by atoms with Gasteiger partial charge in [-0.25, -0.2) is 13.1 Å². The van der Waals surface area contributed by atoms with Crippen LogP contribution in [0.1, 0.15) is 24.1 Å². The zero-order valence-electron chi connectivity index (χ0n) is 12.5. The molecule has 0 aromatic heterocycles. The molecule has 23 heavy (non-hydrogen) atoms. The second-order valence-electron chi connectivity index (χ2n) is 5.07. The Hall–Kier alpha value is -1.77. The van der Waals surface area contributed by atoms with Gasteiger partial charge < -0.3 is 0 Å². The molecule has 0 aliphatic carbocycles. The van der Waals surface area contributed by atoms with E-state index in [1.165, 1.54) is 12.1 Å². The van der Waals surface area contributed by atoms with Crippen molar-refractivity contribution in [2.24, 2.45) is 0 Å². The van der Waals surface area contributed by atoms with Crippen LogP contribution in [0.5, 0.6) is 0 Å². The van der Waals surface area contributed by atoms with Crippen LogP contribution in [-0.2, 0) is 10.0 Å². The third-order valence-electron chi connectivity index (χ3n) is 3.39. The predicted octanol–water partition coefficient (Wildman–Crippen LogP) is 3.71. The molecule has 6 nitrogen and oxygen atoms in total. The summed E-state index contributed by atoms with van der Waals surface area (Å²) in [7, 11) is -3.87. The van der Waals surface area contributed by atoms with Crippen molar-refractivity contribution >= 4 is 31.6 Å². The highest BCUT2D eigenvalue weighted by atomic mass is 79.9. The fourth-order valence-corrected chi connectivity index (χ4v) is 4.01. The van der Waals surface area contributed by atoms with Crippen molar-refractivity contribution in [3.8, 4) is 0 Å². The lowest BCUT2D eigenvalue weighted by Crippen LogP contribution is -2.27. The van der Waals surface area contributed by atoms with Crippen molar-refractivity contribution in [3.63, 3.8) is 0 Å². The summed E-state index contributed by atoms with van der Waals surface area (Å²) in [4.78, 5) is 10.3. The van der Waals surface area contributed by atoms with E-state index < -0.39 is 21.0 Å². The Balaban J connectivity index is 2.34. The van der Waals surface area contributed by atoms with Crippen LogP contribution in [-0.4, -0.2) is 13.3 Å². The standard InChI is InChI=1S/C15H15BrN2O4S/c1-10-7-8-12(9-15(10)18(19)20)23(21,22)17-11(2)13-5-3-4-6-14(13)16/h3-9,11,17H,1-2H3. The van der Waals surface area contributed by atoms with Gasteiger partial charge in [0.05, 0.1) is 9.82 Å². The van der Waals surface area contributed by atoms with E-state index in [-0.39, 0.29) is 10.6 Å². The minimum Gasteiger partial charge on any atom is -0.258 e. The molecule has 0 heterocycles. The molecule has 0 bridgehead atoms. The Kier molecular flexibility index (Phi) is 5.18. The molecular weight excluding hydrogens is 384 g/mol. The molecule has 8 heteroatoms. The number of hydrogen-bond acceptors (Lipinski definition) is 4. The third kappa shape index (κ3) is 3.95. The van der Waals surface area contributed by atoms with E-state index >= 15 is 0 Å². The number of nitrogens with one attached hydrogen (secondary N) is 1. The predicted molar refractivity (Wildman–Crippen MR) is 90.7 cm³/mol. The van der Waals surface area contributed by atoms with Crippen molar-refractivity contribution in [1.29, 1.82) is 0 Å². The van der Waals surface area contributed by atoms with Crippen LogP contribution in [0.25, 0.3) is 0 Å². The molecule has 0 aliphatic rings. The summed E-state index contributed by atoms with van der Waals surface area (Å²) in [5.74, 6) is 0. The molecule has 1 N–H and O–H groups in total. The molecule has 0 saturated heterocycles. The summed E-state index contributed by atoms with van der Waals surface area (Å²) in [5.41, 5.74) is 0.965. The van der Waals surface area contributed by atoms with Gasteiger partial charge in [0, 0.05) is 22.1 Å². The van der Waals surface area contributed by atoms with E-state index in [1.54, 1.807) is 19.9 Å². The van der Waals surface area contributed by atoms with Crippen molar-refractivity contribution in [2.75, 3.05) is 0 Å². The minimum atomic E-state index is -3.87. The van der Waals surface area contributed by atoms with E-state index in [0.717, 1.165) is 16.1 Å². The second-order valence-corrected chi connectivity index (χ2v) is 7.64. The monoisotopic (exact) mass is 398 g/mol. The Labute approximate surface area is 142 Å². The molecule has 1 atom stereocenters. The highest BCUT2D eigenvalue weighted by molar-refractivity contribution is 9.10. The first kappa shape index (κ1) is 17.6. The van der Waals surface area contributed by atoms with Gasteiger partial charge in [-0.3, -0.25) is 10.1 Å². The maximum absolute atomic E-state index is 12.5. The smallest absolute Gasteiger partial charge is 0.258 e. The van der Waals surface area contributed by atoms with Gasteiger partial charge in [0.1, 0.15) is 0 Å². The molecule has 0 fully saturated rings. The van der Waals surface area contributed by atoms with Gasteiger partial charge in [0.15, 0.2) is 0 Å². The Bertz CT molecular complexity index is 852. The maximum Gasteiger partial charge on any atom is 0.273 e. The molecule has 2 rings (SSSR count). The molecule has 0 aliphatic heterocycles. The fourth-order valence-electron chi connectivity index (χ4n) is 2.14. The molecule has 0 radical (unpaired) electrons. The first-order valence-corrected chi connectivity index (χ1v) is 9.02. The van der Waals surface area contributed by atoms with Gasteiger partial charge in [-0.05, 0) is 31.5 Å². The van der Waals surface area contributed by atoms with E-state index in [4.69, 9.17) is 0 Å². The van der Waals surface area contributed by atoms with Gasteiger partial charge in [0.25, 0.3) is 5.69 Å². The molecule has 0 saturated carbocycles. The molecule has 2 aromatic carbocycles. The molecule has 2 aromatic rings. The number of nitrogens with zero attached hydrogens (tertiary/aromatic N) is 1. The average molecular weight is 399 g/mol. The van der Waals surface area contributed by atoms with Crippen molar-refractivity contribution < 1.29 is 13.3 Å². The minimum absolute atomic E-state index is 0.131. The van der Waals surface area contributed by atoms with Crippen LogP contribution in [0, 0.1) is 17.0 Å². The van der Waals surface area contributed by atoms with E-state index in [1.807, 2.05) is 18.2 Å². The molecule has 122 valence electrons. The summed E-state index contributed by atoms with van der Waals surface area (Å²) < 4.78 is 28.2. The van der Waals surface area contributed by atoms with Gasteiger partial charge in [0.2, 0.25) is 10.0 Å². The van der Waals surface area contributed by atoms with Crippen molar-refractivity contribution in [3.05, 3.63) is 68.2 Å². The van der Waals surface area contributed by atoms with Crippen LogP contribution >= 0.6 is 15.9 Å². The van der Waals surface area contributed by atoms with Crippen molar-refractivity contribution in [2.45, 2.75) is 24.8 Å². The maximum atomic E-state index is 12.5. The zero-order valence-corrected chi connectivity index (χ0v) is 14.9. The van der Waals surface area contributed by atoms with Gasteiger partial charge >= 0.3 is 0 Å². The summed E-state index contributed by atoms with van der Waals surface area (Å²) in [6.07, 6.45) is 0. The van der Waals surface area contributed by atoms with E-state index in [2.05, 4.69) is 20.7 Å². The first-order chi connectivity index (χ1) is 10.7. The summed E-state index contributed by atoms with van der Waals surface area (Å²) in [6, 6.07) is 10.6. The summed E-state index contributed by atoms with van der Waals surface area (Å²) >= 11 is 3.38.